The van der Waals surface area contributed by atoms with Crippen LogP contribution in [0.2, 0.25) is 0 Å². The molecule has 110 valence electrons. The lowest BCUT2D eigenvalue weighted by atomic mass is 10.3. The standard InChI is InChI=1S/C15H17FN4O/c1-3-8-17-15(21)11(2)19-12-9-18-20(10-12)14-7-5-4-6-13(14)16/h3-7,9-11,19H,1,8H2,2H3,(H,17,21)/t11-/m1/s1. The molecule has 1 amide bonds. The fourth-order valence-corrected chi connectivity index (χ4v) is 1.81. The summed E-state index contributed by atoms with van der Waals surface area (Å²) in [5, 5.41) is 9.79. The van der Waals surface area contributed by atoms with Gasteiger partial charge in [-0.15, -0.1) is 6.58 Å². The summed E-state index contributed by atoms with van der Waals surface area (Å²) in [5.41, 5.74) is 0.994. The largest absolute Gasteiger partial charge is 0.371 e. The van der Waals surface area contributed by atoms with E-state index >= 15 is 0 Å². The van der Waals surface area contributed by atoms with Crippen LogP contribution in [-0.4, -0.2) is 28.3 Å². The van der Waals surface area contributed by atoms with E-state index in [1.165, 1.54) is 10.7 Å². The highest BCUT2D eigenvalue weighted by Gasteiger charge is 2.13. The van der Waals surface area contributed by atoms with Gasteiger partial charge >= 0.3 is 0 Å². The van der Waals surface area contributed by atoms with Crippen LogP contribution in [0.25, 0.3) is 5.69 Å². The third-order valence-corrected chi connectivity index (χ3v) is 2.88. The normalized spacial score (nSPS) is 11.7. The Morgan fingerprint density at radius 1 is 1.52 bits per heavy atom. The Hall–Kier alpha value is -2.63. The fraction of sp³-hybridized carbons (Fsp3) is 0.200. The lowest BCUT2D eigenvalue weighted by Gasteiger charge is -2.12. The molecule has 0 fully saturated rings. The number of hydrogen-bond acceptors (Lipinski definition) is 3. The number of benzene rings is 1. The summed E-state index contributed by atoms with van der Waals surface area (Å²) in [7, 11) is 0. The Kier molecular flexibility index (Phi) is 4.71. The van der Waals surface area contributed by atoms with Crippen molar-refractivity contribution in [3.05, 3.63) is 55.1 Å². The number of rotatable bonds is 6. The summed E-state index contributed by atoms with van der Waals surface area (Å²) >= 11 is 0. The van der Waals surface area contributed by atoms with E-state index in [-0.39, 0.29) is 11.7 Å². The van der Waals surface area contributed by atoms with E-state index in [1.54, 1.807) is 43.6 Å². The molecule has 0 aliphatic heterocycles. The maximum atomic E-state index is 13.7. The number of hydrogen-bond donors (Lipinski definition) is 2. The molecule has 0 saturated heterocycles. The van der Waals surface area contributed by atoms with Crippen LogP contribution in [0.5, 0.6) is 0 Å². The average Bonchev–Trinajstić information content (AvgIpc) is 2.93. The maximum Gasteiger partial charge on any atom is 0.242 e. The van der Waals surface area contributed by atoms with Gasteiger partial charge in [0, 0.05) is 6.54 Å². The quantitative estimate of drug-likeness (QED) is 0.800. The van der Waals surface area contributed by atoms with Crippen LogP contribution in [0.1, 0.15) is 6.92 Å². The zero-order valence-electron chi connectivity index (χ0n) is 11.7. The van der Waals surface area contributed by atoms with E-state index in [9.17, 15) is 9.18 Å². The number of nitrogens with one attached hydrogen (secondary N) is 2. The van der Waals surface area contributed by atoms with Gasteiger partial charge in [0.05, 0.1) is 18.1 Å². The van der Waals surface area contributed by atoms with Crippen LogP contribution in [0, 0.1) is 5.82 Å². The van der Waals surface area contributed by atoms with Gasteiger partial charge in [0.25, 0.3) is 0 Å². The lowest BCUT2D eigenvalue weighted by molar-refractivity contribution is -0.121. The van der Waals surface area contributed by atoms with Crippen LogP contribution in [0.15, 0.2) is 49.3 Å². The molecule has 1 heterocycles. The molecule has 1 aromatic carbocycles. The molecule has 1 atom stereocenters. The molecular weight excluding hydrogens is 271 g/mol. The van der Waals surface area contributed by atoms with Crippen LogP contribution in [-0.2, 0) is 4.79 Å². The minimum atomic E-state index is -0.428. The van der Waals surface area contributed by atoms with Gasteiger partial charge in [-0.05, 0) is 19.1 Å². The molecule has 2 N–H and O–H groups in total. The SMILES string of the molecule is C=CCNC(=O)[C@@H](C)Nc1cnn(-c2ccccc2F)c1. The van der Waals surface area contributed by atoms with Gasteiger partial charge in [0.2, 0.25) is 5.91 Å². The summed E-state index contributed by atoms with van der Waals surface area (Å²) in [6.07, 6.45) is 4.79. The Morgan fingerprint density at radius 3 is 3.00 bits per heavy atom. The number of carbonyl (C=O) groups excluding carboxylic acids is 1. The number of amides is 1. The van der Waals surface area contributed by atoms with Crippen molar-refractivity contribution in [1.29, 1.82) is 0 Å². The van der Waals surface area contributed by atoms with E-state index < -0.39 is 6.04 Å². The number of para-hydroxylation sites is 1. The first-order chi connectivity index (χ1) is 10.1. The summed E-state index contributed by atoms with van der Waals surface area (Å²) < 4.78 is 15.1. The van der Waals surface area contributed by atoms with Crippen molar-refractivity contribution in [2.24, 2.45) is 0 Å². The van der Waals surface area contributed by atoms with Crippen molar-refractivity contribution >= 4 is 11.6 Å². The zero-order valence-corrected chi connectivity index (χ0v) is 11.7. The Morgan fingerprint density at radius 2 is 2.29 bits per heavy atom. The highest BCUT2D eigenvalue weighted by atomic mass is 19.1. The maximum absolute atomic E-state index is 13.7. The molecule has 1 aromatic heterocycles. The number of nitrogens with zero attached hydrogens (tertiary/aromatic N) is 2. The van der Waals surface area contributed by atoms with Crippen molar-refractivity contribution in [3.8, 4) is 5.69 Å². The molecule has 2 rings (SSSR count). The first-order valence-electron chi connectivity index (χ1n) is 6.56. The summed E-state index contributed by atoms with van der Waals surface area (Å²) in [6.45, 7) is 5.69. The summed E-state index contributed by atoms with van der Waals surface area (Å²) in [6, 6.07) is 5.93. The first kappa shape index (κ1) is 14.8. The molecule has 0 saturated carbocycles. The van der Waals surface area contributed by atoms with Crippen LogP contribution >= 0.6 is 0 Å². The minimum Gasteiger partial charge on any atom is -0.371 e. The Labute approximate surface area is 122 Å². The molecule has 2 aromatic rings. The van der Waals surface area contributed by atoms with Gasteiger partial charge in [0.1, 0.15) is 17.5 Å². The Bertz CT molecular complexity index is 638. The van der Waals surface area contributed by atoms with E-state index in [0.29, 0.717) is 17.9 Å². The molecular formula is C15H17FN4O. The number of anilines is 1. The third-order valence-electron chi connectivity index (χ3n) is 2.88. The number of aromatic nitrogens is 2. The fourth-order valence-electron chi connectivity index (χ4n) is 1.81. The number of carbonyl (C=O) groups is 1. The second kappa shape index (κ2) is 6.69. The molecule has 6 heteroatoms. The van der Waals surface area contributed by atoms with Crippen molar-refractivity contribution < 1.29 is 9.18 Å². The third kappa shape index (κ3) is 3.68. The second-order valence-electron chi connectivity index (χ2n) is 4.52. The van der Waals surface area contributed by atoms with Gasteiger partial charge < -0.3 is 10.6 Å². The summed E-state index contributed by atoms with van der Waals surface area (Å²) in [5.74, 6) is -0.502. The van der Waals surface area contributed by atoms with E-state index in [0.717, 1.165) is 0 Å². The zero-order chi connectivity index (χ0) is 15.2. The highest BCUT2D eigenvalue weighted by Crippen LogP contribution is 2.15. The smallest absolute Gasteiger partial charge is 0.242 e. The molecule has 0 aliphatic carbocycles. The van der Waals surface area contributed by atoms with Crippen molar-refractivity contribution in [2.45, 2.75) is 13.0 Å². The van der Waals surface area contributed by atoms with Crippen molar-refractivity contribution in [1.82, 2.24) is 15.1 Å². The van der Waals surface area contributed by atoms with Crippen LogP contribution in [0.4, 0.5) is 10.1 Å². The summed E-state index contributed by atoms with van der Waals surface area (Å²) in [4.78, 5) is 11.7. The van der Waals surface area contributed by atoms with E-state index in [4.69, 9.17) is 0 Å². The lowest BCUT2D eigenvalue weighted by Crippen LogP contribution is -2.37. The van der Waals surface area contributed by atoms with Gasteiger partial charge in [-0.2, -0.15) is 5.10 Å². The van der Waals surface area contributed by atoms with Gasteiger partial charge in [0.15, 0.2) is 0 Å². The van der Waals surface area contributed by atoms with E-state index in [2.05, 4.69) is 22.3 Å². The molecule has 0 aliphatic rings. The van der Waals surface area contributed by atoms with Crippen LogP contribution in [0.3, 0.4) is 0 Å². The monoisotopic (exact) mass is 288 g/mol. The topological polar surface area (TPSA) is 59.0 Å². The molecule has 0 spiro atoms. The molecule has 21 heavy (non-hydrogen) atoms. The van der Waals surface area contributed by atoms with Crippen LogP contribution < -0.4 is 10.6 Å². The Balaban J connectivity index is 2.05. The molecule has 0 unspecified atom stereocenters. The number of halogens is 1. The van der Waals surface area contributed by atoms with Gasteiger partial charge in [-0.3, -0.25) is 4.79 Å². The first-order valence-corrected chi connectivity index (χ1v) is 6.56. The van der Waals surface area contributed by atoms with Gasteiger partial charge in [-0.25, -0.2) is 9.07 Å². The molecule has 0 radical (unpaired) electrons. The predicted molar refractivity (Wildman–Crippen MR) is 79.8 cm³/mol. The van der Waals surface area contributed by atoms with E-state index in [1.807, 2.05) is 0 Å². The highest BCUT2D eigenvalue weighted by molar-refractivity contribution is 5.84. The van der Waals surface area contributed by atoms with Crippen molar-refractivity contribution in [3.63, 3.8) is 0 Å². The second-order valence-corrected chi connectivity index (χ2v) is 4.52. The average molecular weight is 288 g/mol. The molecule has 5 nitrogen and oxygen atoms in total. The van der Waals surface area contributed by atoms with Crippen molar-refractivity contribution in [2.75, 3.05) is 11.9 Å². The minimum absolute atomic E-state index is 0.145. The molecule has 0 bridgehead atoms. The predicted octanol–water partition coefficient (Wildman–Crippen LogP) is 2.11. The van der Waals surface area contributed by atoms with Gasteiger partial charge in [-0.1, -0.05) is 18.2 Å².